The Balaban J connectivity index is 1.73. The van der Waals surface area contributed by atoms with E-state index in [1.54, 1.807) is 0 Å². The average Bonchev–Trinajstić information content (AvgIpc) is 3.27. The van der Waals surface area contributed by atoms with Crippen LogP contribution in [-0.2, 0) is 19.0 Å². The van der Waals surface area contributed by atoms with Gasteiger partial charge < -0.3 is 0 Å². The fourth-order valence-electron chi connectivity index (χ4n) is 4.76. The number of rotatable bonds is 2. The molecule has 4 aromatic rings. The third-order valence-corrected chi connectivity index (χ3v) is 6.24. The SMILES string of the molecule is Fc1cc2n[nH]c(C3CC3)c2c2c3c(c(-c4cn[nH]c4C(F)(F)F)nc12)CCCC3. The molecule has 2 aliphatic rings. The first-order valence-electron chi connectivity index (χ1n) is 10.1. The molecule has 9 heteroatoms. The molecule has 3 heterocycles. The van der Waals surface area contributed by atoms with Crippen LogP contribution in [0.15, 0.2) is 12.3 Å². The van der Waals surface area contributed by atoms with Gasteiger partial charge in [-0.3, -0.25) is 10.2 Å². The van der Waals surface area contributed by atoms with Crippen LogP contribution in [0.1, 0.15) is 54.1 Å². The normalized spacial score (nSPS) is 17.1. The van der Waals surface area contributed by atoms with Gasteiger partial charge in [0.15, 0.2) is 5.82 Å². The molecule has 0 atom stereocenters. The van der Waals surface area contributed by atoms with E-state index >= 15 is 4.39 Å². The Morgan fingerprint density at radius 1 is 1.00 bits per heavy atom. The number of nitrogens with zero attached hydrogens (tertiary/aromatic N) is 3. The van der Waals surface area contributed by atoms with Gasteiger partial charge >= 0.3 is 6.18 Å². The van der Waals surface area contributed by atoms with Gasteiger partial charge in [-0.25, -0.2) is 9.37 Å². The van der Waals surface area contributed by atoms with Crippen LogP contribution >= 0.6 is 0 Å². The predicted molar refractivity (Wildman–Crippen MR) is 103 cm³/mol. The summed E-state index contributed by atoms with van der Waals surface area (Å²) in [4.78, 5) is 4.48. The van der Waals surface area contributed by atoms with Crippen molar-refractivity contribution in [1.82, 2.24) is 25.4 Å². The molecule has 5 nitrogen and oxygen atoms in total. The average molecular weight is 415 g/mol. The number of aromatic nitrogens is 5. The van der Waals surface area contributed by atoms with Gasteiger partial charge in [0.25, 0.3) is 0 Å². The molecule has 6 rings (SSSR count). The van der Waals surface area contributed by atoms with E-state index < -0.39 is 17.7 Å². The highest BCUT2D eigenvalue weighted by Crippen LogP contribution is 2.47. The Morgan fingerprint density at radius 2 is 1.77 bits per heavy atom. The van der Waals surface area contributed by atoms with Gasteiger partial charge in [0.1, 0.15) is 11.2 Å². The van der Waals surface area contributed by atoms with Crippen molar-refractivity contribution in [3.63, 3.8) is 0 Å². The summed E-state index contributed by atoms with van der Waals surface area (Å²) in [6, 6.07) is 1.33. The van der Waals surface area contributed by atoms with Gasteiger partial charge in [-0.15, -0.1) is 0 Å². The van der Waals surface area contributed by atoms with Crippen LogP contribution in [0.3, 0.4) is 0 Å². The Kier molecular flexibility index (Phi) is 3.58. The number of pyridine rings is 1. The van der Waals surface area contributed by atoms with Gasteiger partial charge in [-0.2, -0.15) is 23.4 Å². The molecule has 0 unspecified atom stereocenters. The number of hydrogen-bond donors (Lipinski definition) is 2. The second-order valence-corrected chi connectivity index (χ2v) is 8.17. The topological polar surface area (TPSA) is 70.2 Å². The van der Waals surface area contributed by atoms with Gasteiger partial charge in [0, 0.05) is 28.5 Å². The molecule has 0 radical (unpaired) electrons. The second-order valence-electron chi connectivity index (χ2n) is 8.17. The lowest BCUT2D eigenvalue weighted by Crippen LogP contribution is -2.12. The van der Waals surface area contributed by atoms with Crippen molar-refractivity contribution in [3.8, 4) is 11.3 Å². The van der Waals surface area contributed by atoms with Gasteiger partial charge in [-0.1, -0.05) is 0 Å². The molecule has 0 bridgehead atoms. The Hall–Kier alpha value is -2.97. The van der Waals surface area contributed by atoms with Crippen LogP contribution in [0.25, 0.3) is 33.1 Å². The van der Waals surface area contributed by atoms with Gasteiger partial charge in [-0.05, 0) is 49.7 Å². The van der Waals surface area contributed by atoms with E-state index in [0.29, 0.717) is 29.7 Å². The third kappa shape index (κ3) is 2.50. The molecular formula is C21H17F4N5. The quantitative estimate of drug-likeness (QED) is 0.430. The molecule has 0 aliphatic heterocycles. The zero-order valence-electron chi connectivity index (χ0n) is 15.8. The third-order valence-electron chi connectivity index (χ3n) is 6.24. The maximum absolute atomic E-state index is 15.1. The minimum atomic E-state index is -4.60. The number of aromatic amines is 2. The standard InChI is InChI=1S/C21H17F4N5/c22-13-7-14-16(17(29-28-14)9-5-6-9)15-10-3-1-2-4-11(10)18(27-19(13)15)12-8-26-30-20(12)21(23,24)25/h7-9H,1-6H2,(H,26,30)(H,28,29). The summed E-state index contributed by atoms with van der Waals surface area (Å²) >= 11 is 0. The molecule has 0 amide bonds. The molecule has 0 saturated heterocycles. The fraction of sp³-hybridized carbons (Fsp3) is 0.381. The lowest BCUT2D eigenvalue weighted by Gasteiger charge is -2.22. The lowest BCUT2D eigenvalue weighted by molar-refractivity contribution is -0.140. The summed E-state index contributed by atoms with van der Waals surface area (Å²) < 4.78 is 55.7. The molecule has 2 aliphatic carbocycles. The number of halogens is 4. The van der Waals surface area contributed by atoms with Crippen molar-refractivity contribution in [1.29, 1.82) is 0 Å². The van der Waals surface area contributed by atoms with E-state index in [9.17, 15) is 13.2 Å². The van der Waals surface area contributed by atoms with Crippen LogP contribution in [0.2, 0.25) is 0 Å². The first-order chi connectivity index (χ1) is 14.4. The van der Waals surface area contributed by atoms with Crippen molar-refractivity contribution < 1.29 is 17.6 Å². The number of fused-ring (bicyclic) bond motifs is 5. The second kappa shape index (κ2) is 6.02. The Labute approximate surface area is 167 Å². The summed E-state index contributed by atoms with van der Waals surface area (Å²) in [5, 5.41) is 14.6. The van der Waals surface area contributed by atoms with Crippen LogP contribution in [0.4, 0.5) is 17.6 Å². The number of hydrogen-bond acceptors (Lipinski definition) is 3. The molecule has 154 valence electrons. The number of benzene rings is 1. The van der Waals surface area contributed by atoms with Crippen molar-refractivity contribution in [2.24, 2.45) is 0 Å². The summed E-state index contributed by atoms with van der Waals surface area (Å²) in [6.07, 6.45) is 1.66. The molecular weight excluding hydrogens is 398 g/mol. The monoisotopic (exact) mass is 415 g/mol. The van der Waals surface area contributed by atoms with Crippen LogP contribution in [-0.4, -0.2) is 25.4 Å². The van der Waals surface area contributed by atoms with Crippen LogP contribution in [0, 0.1) is 5.82 Å². The van der Waals surface area contributed by atoms with E-state index in [2.05, 4.69) is 20.3 Å². The van der Waals surface area contributed by atoms with Gasteiger partial charge in [0.05, 0.1) is 23.0 Å². The molecule has 1 saturated carbocycles. The molecule has 1 fully saturated rings. The van der Waals surface area contributed by atoms with E-state index in [4.69, 9.17) is 0 Å². The van der Waals surface area contributed by atoms with Crippen LogP contribution < -0.4 is 0 Å². The van der Waals surface area contributed by atoms with Crippen molar-refractivity contribution >= 4 is 21.8 Å². The zero-order valence-corrected chi connectivity index (χ0v) is 15.8. The highest BCUT2D eigenvalue weighted by atomic mass is 19.4. The predicted octanol–water partition coefficient (Wildman–Crippen LogP) is 5.42. The highest BCUT2D eigenvalue weighted by molar-refractivity contribution is 6.10. The smallest absolute Gasteiger partial charge is 0.281 e. The first kappa shape index (κ1) is 17.9. The first-order valence-corrected chi connectivity index (χ1v) is 10.1. The minimum Gasteiger partial charge on any atom is -0.281 e. The molecule has 2 N–H and O–H groups in total. The van der Waals surface area contributed by atoms with Crippen molar-refractivity contribution in [2.45, 2.75) is 50.6 Å². The summed E-state index contributed by atoms with van der Waals surface area (Å²) in [6.45, 7) is 0. The van der Waals surface area contributed by atoms with Crippen LogP contribution in [0.5, 0.6) is 0 Å². The summed E-state index contributed by atoms with van der Waals surface area (Å²) in [5.41, 5.74) is 2.38. The Morgan fingerprint density at radius 3 is 2.50 bits per heavy atom. The lowest BCUT2D eigenvalue weighted by atomic mass is 9.85. The van der Waals surface area contributed by atoms with Crippen molar-refractivity contribution in [3.05, 3.63) is 40.6 Å². The maximum atomic E-state index is 15.1. The van der Waals surface area contributed by atoms with E-state index in [1.165, 1.54) is 6.07 Å². The minimum absolute atomic E-state index is 0.107. The largest absolute Gasteiger partial charge is 0.433 e. The van der Waals surface area contributed by atoms with Gasteiger partial charge in [0.2, 0.25) is 0 Å². The van der Waals surface area contributed by atoms with Crippen molar-refractivity contribution in [2.75, 3.05) is 0 Å². The van der Waals surface area contributed by atoms with E-state index in [-0.39, 0.29) is 16.8 Å². The van der Waals surface area contributed by atoms with E-state index in [1.807, 2.05) is 5.10 Å². The number of H-pyrrole nitrogens is 2. The maximum Gasteiger partial charge on any atom is 0.433 e. The number of alkyl halides is 3. The summed E-state index contributed by atoms with van der Waals surface area (Å²) in [5.74, 6) is -0.202. The molecule has 3 aromatic heterocycles. The molecule has 30 heavy (non-hydrogen) atoms. The zero-order chi connectivity index (χ0) is 20.6. The summed E-state index contributed by atoms with van der Waals surface area (Å²) in [7, 11) is 0. The molecule has 1 aromatic carbocycles. The fourth-order valence-corrected chi connectivity index (χ4v) is 4.76. The Bertz CT molecular complexity index is 1310. The highest BCUT2D eigenvalue weighted by Gasteiger charge is 2.38. The van der Waals surface area contributed by atoms with E-state index in [0.717, 1.165) is 54.1 Å². The molecule has 0 spiro atoms. The number of nitrogens with one attached hydrogen (secondary N) is 2. The number of aryl methyl sites for hydroxylation is 1.